The van der Waals surface area contributed by atoms with Crippen LogP contribution in [0.15, 0.2) is 24.4 Å². The van der Waals surface area contributed by atoms with Gasteiger partial charge in [-0.05, 0) is 32.0 Å². The lowest BCUT2D eigenvalue weighted by molar-refractivity contribution is 0.102. The van der Waals surface area contributed by atoms with Gasteiger partial charge in [0.1, 0.15) is 11.6 Å². The number of ether oxygens (including phenoxy) is 3. The molecule has 3 aromatic rings. The van der Waals surface area contributed by atoms with Crippen LogP contribution in [0, 0.1) is 25.2 Å². The van der Waals surface area contributed by atoms with Gasteiger partial charge in [0, 0.05) is 17.0 Å². The van der Waals surface area contributed by atoms with Crippen LogP contribution in [0.4, 0.5) is 5.82 Å². The molecular formula is C20H20N6O4. The molecule has 3 rings (SSSR count). The van der Waals surface area contributed by atoms with Crippen molar-refractivity contribution in [3.8, 4) is 29.3 Å². The smallest absolute Gasteiger partial charge is 0.257 e. The summed E-state index contributed by atoms with van der Waals surface area (Å²) in [5.74, 6) is 0.914. The van der Waals surface area contributed by atoms with Gasteiger partial charge in [-0.1, -0.05) is 0 Å². The number of nitriles is 1. The molecule has 30 heavy (non-hydrogen) atoms. The van der Waals surface area contributed by atoms with Crippen LogP contribution in [-0.4, -0.2) is 47.0 Å². The molecule has 2 heterocycles. The van der Waals surface area contributed by atoms with E-state index in [1.807, 2.05) is 26.0 Å². The van der Waals surface area contributed by atoms with Crippen molar-refractivity contribution in [1.29, 1.82) is 5.26 Å². The van der Waals surface area contributed by atoms with Crippen LogP contribution >= 0.6 is 0 Å². The largest absolute Gasteiger partial charge is 0.493 e. The first-order chi connectivity index (χ1) is 14.4. The number of aromatic nitrogens is 4. The zero-order valence-electron chi connectivity index (χ0n) is 17.2. The van der Waals surface area contributed by atoms with Gasteiger partial charge in [0.2, 0.25) is 5.75 Å². The van der Waals surface area contributed by atoms with Crippen LogP contribution in [-0.2, 0) is 0 Å². The van der Waals surface area contributed by atoms with Crippen LogP contribution in [0.1, 0.15) is 27.3 Å². The maximum atomic E-state index is 13.0. The first kappa shape index (κ1) is 20.6. The second-order valence-corrected chi connectivity index (χ2v) is 6.25. The molecule has 10 heteroatoms. The second kappa shape index (κ2) is 8.48. The molecule has 0 aliphatic rings. The Bertz CT molecular complexity index is 1100. The lowest BCUT2D eigenvalue weighted by Gasteiger charge is -2.14. The third-order valence-corrected chi connectivity index (χ3v) is 4.21. The first-order valence-electron chi connectivity index (χ1n) is 8.84. The van der Waals surface area contributed by atoms with Gasteiger partial charge in [0.25, 0.3) is 11.9 Å². The molecule has 0 aliphatic heterocycles. The molecule has 154 valence electrons. The molecule has 2 aromatic heterocycles. The molecule has 0 spiro atoms. The molecule has 10 nitrogen and oxygen atoms in total. The highest BCUT2D eigenvalue weighted by atomic mass is 16.5. The minimum atomic E-state index is -0.503. The lowest BCUT2D eigenvalue weighted by atomic mass is 10.1. The standard InChI is InChI=1S/C20H20N6O4/c1-11-6-12(2)24-20(23-11)26-18(14(9-21)10-22-26)25-19(27)13-7-15(28-3)17(30-5)16(8-13)29-4/h6-8,10H,1-5H3,(H,25,27). The average Bonchev–Trinajstić information content (AvgIpc) is 3.14. The number of nitrogens with one attached hydrogen (secondary N) is 1. The number of nitrogens with zero attached hydrogens (tertiary/aromatic N) is 5. The number of carbonyl (C=O) groups is 1. The summed E-state index contributed by atoms with van der Waals surface area (Å²) >= 11 is 0. The van der Waals surface area contributed by atoms with E-state index in [2.05, 4.69) is 20.4 Å². The van der Waals surface area contributed by atoms with Gasteiger partial charge in [-0.15, -0.1) is 0 Å². The summed E-state index contributed by atoms with van der Waals surface area (Å²) in [7, 11) is 4.39. The van der Waals surface area contributed by atoms with E-state index in [0.29, 0.717) is 17.2 Å². The van der Waals surface area contributed by atoms with E-state index in [1.165, 1.54) is 44.3 Å². The minimum Gasteiger partial charge on any atom is -0.493 e. The van der Waals surface area contributed by atoms with Crippen LogP contribution in [0.5, 0.6) is 17.2 Å². The molecule has 1 N–H and O–H groups in total. The number of hydrogen-bond acceptors (Lipinski definition) is 8. The second-order valence-electron chi connectivity index (χ2n) is 6.25. The Morgan fingerprint density at radius 1 is 1.03 bits per heavy atom. The molecule has 0 fully saturated rings. The summed E-state index contributed by atoms with van der Waals surface area (Å²) in [6.45, 7) is 3.64. The molecule has 0 unspecified atom stereocenters. The van der Waals surface area contributed by atoms with Crippen molar-refractivity contribution in [1.82, 2.24) is 19.7 Å². The Balaban J connectivity index is 2.04. The highest BCUT2D eigenvalue weighted by molar-refractivity contribution is 6.05. The van der Waals surface area contributed by atoms with Crippen LogP contribution < -0.4 is 19.5 Å². The predicted octanol–water partition coefficient (Wildman–Crippen LogP) is 2.43. The summed E-state index contributed by atoms with van der Waals surface area (Å²) in [5, 5.41) is 16.3. The first-order valence-corrected chi connectivity index (χ1v) is 8.84. The van der Waals surface area contributed by atoms with E-state index in [9.17, 15) is 10.1 Å². The van der Waals surface area contributed by atoms with E-state index in [1.54, 1.807) is 0 Å². The monoisotopic (exact) mass is 408 g/mol. The van der Waals surface area contributed by atoms with Gasteiger partial charge in [0.15, 0.2) is 17.3 Å². The fraction of sp³-hybridized carbons (Fsp3) is 0.250. The molecule has 0 radical (unpaired) electrons. The molecule has 0 atom stereocenters. The number of methoxy groups -OCH3 is 3. The average molecular weight is 408 g/mol. The summed E-state index contributed by atoms with van der Waals surface area (Å²) < 4.78 is 17.2. The molecule has 1 aromatic carbocycles. The summed E-state index contributed by atoms with van der Waals surface area (Å²) in [6.07, 6.45) is 1.34. The Kier molecular flexibility index (Phi) is 5.83. The number of amides is 1. The maximum absolute atomic E-state index is 13.0. The van der Waals surface area contributed by atoms with Crippen LogP contribution in [0.3, 0.4) is 0 Å². The SMILES string of the molecule is COc1cc(C(=O)Nc2c(C#N)cnn2-c2nc(C)cc(C)n2)cc(OC)c1OC. The van der Waals surface area contributed by atoms with Gasteiger partial charge in [0.05, 0.1) is 27.5 Å². The topological polar surface area (TPSA) is 124 Å². The number of hydrogen-bond donors (Lipinski definition) is 1. The van der Waals surface area contributed by atoms with E-state index in [4.69, 9.17) is 14.2 Å². The molecule has 1 amide bonds. The fourth-order valence-electron chi connectivity index (χ4n) is 2.90. The Morgan fingerprint density at radius 2 is 1.63 bits per heavy atom. The molecule has 0 saturated heterocycles. The zero-order valence-corrected chi connectivity index (χ0v) is 17.2. The van der Waals surface area contributed by atoms with E-state index >= 15 is 0 Å². The van der Waals surface area contributed by atoms with Gasteiger partial charge in [-0.25, -0.2) is 9.97 Å². The van der Waals surface area contributed by atoms with Crippen molar-refractivity contribution < 1.29 is 19.0 Å². The number of benzene rings is 1. The summed E-state index contributed by atoms with van der Waals surface area (Å²) in [5.41, 5.74) is 1.86. The van der Waals surface area contributed by atoms with E-state index < -0.39 is 5.91 Å². The molecule has 0 bridgehead atoms. The number of anilines is 1. The van der Waals surface area contributed by atoms with Crippen molar-refractivity contribution in [3.63, 3.8) is 0 Å². The normalized spacial score (nSPS) is 10.3. The van der Waals surface area contributed by atoms with Gasteiger partial charge < -0.3 is 19.5 Å². The third kappa shape index (κ3) is 3.86. The number of carbonyl (C=O) groups excluding carboxylic acids is 1. The highest BCUT2D eigenvalue weighted by Gasteiger charge is 2.21. The highest BCUT2D eigenvalue weighted by Crippen LogP contribution is 2.38. The molecular weight excluding hydrogens is 388 g/mol. The third-order valence-electron chi connectivity index (χ3n) is 4.21. The Morgan fingerprint density at radius 3 is 2.13 bits per heavy atom. The van der Waals surface area contributed by atoms with Gasteiger partial charge in [-0.3, -0.25) is 4.79 Å². The van der Waals surface area contributed by atoms with Gasteiger partial charge >= 0.3 is 0 Å². The molecule has 0 saturated carbocycles. The quantitative estimate of drug-likeness (QED) is 0.659. The summed E-state index contributed by atoms with van der Waals surface area (Å²) in [4.78, 5) is 21.7. The van der Waals surface area contributed by atoms with E-state index in [0.717, 1.165) is 11.4 Å². The van der Waals surface area contributed by atoms with Crippen LogP contribution in [0.25, 0.3) is 5.95 Å². The van der Waals surface area contributed by atoms with Crippen molar-refractivity contribution in [2.45, 2.75) is 13.8 Å². The lowest BCUT2D eigenvalue weighted by Crippen LogP contribution is -2.17. The minimum absolute atomic E-state index is 0.154. The van der Waals surface area contributed by atoms with Crippen molar-refractivity contribution in [3.05, 3.63) is 46.9 Å². The maximum Gasteiger partial charge on any atom is 0.257 e. The Labute approximate surface area is 173 Å². The predicted molar refractivity (Wildman–Crippen MR) is 107 cm³/mol. The van der Waals surface area contributed by atoms with Crippen LogP contribution in [0.2, 0.25) is 0 Å². The summed E-state index contributed by atoms with van der Waals surface area (Å²) in [6, 6.07) is 6.85. The van der Waals surface area contributed by atoms with E-state index in [-0.39, 0.29) is 22.9 Å². The van der Waals surface area contributed by atoms with Crippen molar-refractivity contribution in [2.75, 3.05) is 26.6 Å². The molecule has 0 aliphatic carbocycles. The Hall–Kier alpha value is -4.13. The number of aryl methyl sites for hydroxylation is 2. The van der Waals surface area contributed by atoms with Gasteiger partial charge in [-0.2, -0.15) is 15.0 Å². The number of rotatable bonds is 6. The zero-order chi connectivity index (χ0) is 21.8. The van der Waals surface area contributed by atoms with Crippen molar-refractivity contribution in [2.24, 2.45) is 0 Å². The van der Waals surface area contributed by atoms with Crippen molar-refractivity contribution >= 4 is 11.7 Å². The fourth-order valence-corrected chi connectivity index (χ4v) is 2.90.